The lowest BCUT2D eigenvalue weighted by molar-refractivity contribution is 0.586. The Morgan fingerprint density at radius 2 is 2.27 bits per heavy atom. The van der Waals surface area contributed by atoms with E-state index in [1.54, 1.807) is 10.9 Å². The van der Waals surface area contributed by atoms with Crippen LogP contribution >= 0.6 is 0 Å². The first kappa shape index (κ1) is 8.26. The van der Waals surface area contributed by atoms with Crippen LogP contribution in [0.25, 0.3) is 0 Å². The quantitative estimate of drug-likeness (QED) is 0.648. The normalized spacial score (nSPS) is 11.8. The topological polar surface area (TPSA) is 52.0 Å². The van der Waals surface area contributed by atoms with Gasteiger partial charge in [0.05, 0.1) is 0 Å². The lowest BCUT2D eigenvalue weighted by Crippen LogP contribution is -2.01. The molecule has 0 saturated heterocycles. The Morgan fingerprint density at radius 3 is 2.55 bits per heavy atom. The molecule has 0 amide bonds. The third kappa shape index (κ3) is 1.80. The van der Waals surface area contributed by atoms with Crippen LogP contribution in [-0.2, 0) is 16.4 Å². The summed E-state index contributed by atoms with van der Waals surface area (Å²) in [5.41, 5.74) is 0. The molecule has 5 heteroatoms. The lowest BCUT2D eigenvalue weighted by Gasteiger charge is -1.91. The van der Waals surface area contributed by atoms with Gasteiger partial charge >= 0.3 is 0 Å². The summed E-state index contributed by atoms with van der Waals surface area (Å²) in [6.45, 7) is 2.59. The van der Waals surface area contributed by atoms with Crippen LogP contribution in [0.5, 0.6) is 0 Å². The Morgan fingerprint density at radius 1 is 1.64 bits per heavy atom. The minimum atomic E-state index is -3.12. The molecule has 0 N–H and O–H groups in total. The van der Waals surface area contributed by atoms with Crippen molar-refractivity contribution >= 4 is 9.84 Å². The summed E-state index contributed by atoms with van der Waals surface area (Å²) in [5, 5.41) is 3.97. The maximum atomic E-state index is 10.9. The Labute approximate surface area is 65.8 Å². The van der Waals surface area contributed by atoms with Crippen LogP contribution in [0.2, 0.25) is 0 Å². The molecule has 0 fully saturated rings. The molecule has 0 atom stereocenters. The second-order valence-electron chi connectivity index (χ2n) is 2.28. The molecular weight excluding hydrogens is 164 g/mol. The number of rotatable bonds is 2. The predicted octanol–water partition coefficient (Wildman–Crippen LogP) is 0.306. The highest BCUT2D eigenvalue weighted by Gasteiger charge is 2.09. The molecule has 0 unspecified atom stereocenters. The smallest absolute Gasteiger partial charge is 0.194 e. The third-order valence-corrected chi connectivity index (χ3v) is 2.30. The van der Waals surface area contributed by atoms with Gasteiger partial charge in [-0.25, -0.2) is 8.42 Å². The van der Waals surface area contributed by atoms with Gasteiger partial charge in [-0.15, -0.1) is 0 Å². The first-order valence-electron chi connectivity index (χ1n) is 3.27. The van der Waals surface area contributed by atoms with Crippen LogP contribution in [0.1, 0.15) is 6.92 Å². The van der Waals surface area contributed by atoms with Crippen LogP contribution in [-0.4, -0.2) is 24.5 Å². The number of sulfone groups is 1. The molecule has 0 radical (unpaired) electrons. The summed E-state index contributed by atoms with van der Waals surface area (Å²) in [5.74, 6) is 0. The number of nitrogens with zero attached hydrogens (tertiary/aromatic N) is 2. The molecule has 0 aliphatic rings. The molecule has 0 aliphatic carbocycles. The lowest BCUT2D eigenvalue weighted by atomic mass is 10.7. The molecule has 1 heterocycles. The summed E-state index contributed by atoms with van der Waals surface area (Å²) < 4.78 is 23.4. The molecule has 1 aromatic heterocycles. The first-order chi connectivity index (χ1) is 5.04. The highest BCUT2D eigenvalue weighted by atomic mass is 32.2. The highest BCUT2D eigenvalue weighted by molar-refractivity contribution is 7.90. The van der Waals surface area contributed by atoms with E-state index < -0.39 is 9.84 Å². The SMILES string of the molecule is CCn1ccc(S(C)(=O)=O)n1. The van der Waals surface area contributed by atoms with Gasteiger partial charge < -0.3 is 0 Å². The molecule has 4 nitrogen and oxygen atoms in total. The first-order valence-corrected chi connectivity index (χ1v) is 5.16. The van der Waals surface area contributed by atoms with Crippen molar-refractivity contribution in [2.75, 3.05) is 6.26 Å². The van der Waals surface area contributed by atoms with E-state index >= 15 is 0 Å². The molecule has 0 aromatic carbocycles. The van der Waals surface area contributed by atoms with Crippen molar-refractivity contribution in [1.82, 2.24) is 9.78 Å². The monoisotopic (exact) mass is 174 g/mol. The average Bonchev–Trinajstić information content (AvgIpc) is 2.32. The van der Waals surface area contributed by atoms with E-state index in [2.05, 4.69) is 5.10 Å². The van der Waals surface area contributed by atoms with Crippen molar-refractivity contribution < 1.29 is 8.42 Å². The van der Waals surface area contributed by atoms with E-state index in [-0.39, 0.29) is 5.03 Å². The van der Waals surface area contributed by atoms with Gasteiger partial charge in [0, 0.05) is 19.0 Å². The Bertz CT molecular complexity index is 339. The van der Waals surface area contributed by atoms with Gasteiger partial charge in [-0.2, -0.15) is 5.10 Å². The maximum Gasteiger partial charge on any atom is 0.194 e. The molecule has 62 valence electrons. The third-order valence-electron chi connectivity index (χ3n) is 1.32. The fourth-order valence-corrected chi connectivity index (χ4v) is 1.28. The van der Waals surface area contributed by atoms with Gasteiger partial charge in [0.2, 0.25) is 0 Å². The maximum absolute atomic E-state index is 10.9. The molecular formula is C6H10N2O2S. The second-order valence-corrected chi connectivity index (χ2v) is 4.24. The average molecular weight is 174 g/mol. The summed E-state index contributed by atoms with van der Waals surface area (Å²) in [6.07, 6.45) is 2.80. The van der Waals surface area contributed by atoms with E-state index in [9.17, 15) is 8.42 Å². The molecule has 1 rings (SSSR count). The molecule has 11 heavy (non-hydrogen) atoms. The van der Waals surface area contributed by atoms with Crippen LogP contribution < -0.4 is 0 Å². The van der Waals surface area contributed by atoms with Crippen LogP contribution in [0, 0.1) is 0 Å². The Kier molecular flexibility index (Phi) is 1.99. The number of aryl methyl sites for hydroxylation is 1. The molecule has 0 saturated carbocycles. The van der Waals surface area contributed by atoms with Crippen molar-refractivity contribution in [3.63, 3.8) is 0 Å². The second kappa shape index (κ2) is 2.65. The standard InChI is InChI=1S/C6H10N2O2S/c1-3-8-5-4-6(7-8)11(2,9)10/h4-5H,3H2,1-2H3. The fraction of sp³-hybridized carbons (Fsp3) is 0.500. The van der Waals surface area contributed by atoms with Gasteiger partial charge in [-0.1, -0.05) is 0 Å². The minimum absolute atomic E-state index is 0.138. The molecule has 0 bridgehead atoms. The summed E-state index contributed by atoms with van der Waals surface area (Å²) >= 11 is 0. The van der Waals surface area contributed by atoms with Crippen molar-refractivity contribution in [3.05, 3.63) is 12.3 Å². The number of hydrogen-bond donors (Lipinski definition) is 0. The van der Waals surface area contributed by atoms with Crippen molar-refractivity contribution in [1.29, 1.82) is 0 Å². The van der Waals surface area contributed by atoms with Crippen LogP contribution in [0.3, 0.4) is 0 Å². The van der Waals surface area contributed by atoms with Gasteiger partial charge in [-0.3, -0.25) is 4.68 Å². The van der Waals surface area contributed by atoms with E-state index in [0.29, 0.717) is 6.54 Å². The summed E-state index contributed by atoms with van der Waals surface area (Å²) in [4.78, 5) is 0. The molecule has 0 spiro atoms. The highest BCUT2D eigenvalue weighted by Crippen LogP contribution is 2.03. The van der Waals surface area contributed by atoms with Gasteiger partial charge in [0.1, 0.15) is 0 Å². The van der Waals surface area contributed by atoms with Crippen molar-refractivity contribution in [2.45, 2.75) is 18.5 Å². The molecule has 0 aliphatic heterocycles. The van der Waals surface area contributed by atoms with Crippen molar-refractivity contribution in [3.8, 4) is 0 Å². The van der Waals surface area contributed by atoms with Gasteiger partial charge in [-0.05, 0) is 13.0 Å². The van der Waals surface area contributed by atoms with E-state index in [1.165, 1.54) is 6.07 Å². The van der Waals surface area contributed by atoms with E-state index in [0.717, 1.165) is 6.26 Å². The fourth-order valence-electron chi connectivity index (χ4n) is 0.717. The zero-order valence-corrected chi connectivity index (χ0v) is 7.30. The number of aromatic nitrogens is 2. The van der Waals surface area contributed by atoms with E-state index in [1.807, 2.05) is 6.92 Å². The largest absolute Gasteiger partial charge is 0.272 e. The minimum Gasteiger partial charge on any atom is -0.272 e. The van der Waals surface area contributed by atoms with Crippen LogP contribution in [0.4, 0.5) is 0 Å². The van der Waals surface area contributed by atoms with Crippen molar-refractivity contribution in [2.24, 2.45) is 0 Å². The summed E-state index contributed by atoms with van der Waals surface area (Å²) in [7, 11) is -3.12. The number of hydrogen-bond acceptors (Lipinski definition) is 3. The Hall–Kier alpha value is -0.840. The van der Waals surface area contributed by atoms with Gasteiger partial charge in [0.25, 0.3) is 0 Å². The zero-order chi connectivity index (χ0) is 8.48. The molecule has 1 aromatic rings. The van der Waals surface area contributed by atoms with E-state index in [4.69, 9.17) is 0 Å². The zero-order valence-electron chi connectivity index (χ0n) is 6.48. The summed E-state index contributed by atoms with van der Waals surface area (Å²) in [6, 6.07) is 1.50. The van der Waals surface area contributed by atoms with Crippen LogP contribution in [0.15, 0.2) is 17.3 Å². The Balaban J connectivity index is 3.09. The predicted molar refractivity (Wildman–Crippen MR) is 41.0 cm³/mol. The van der Waals surface area contributed by atoms with Gasteiger partial charge in [0.15, 0.2) is 14.9 Å².